The van der Waals surface area contributed by atoms with Crippen LogP contribution in [0, 0.1) is 0 Å². The molecule has 0 saturated heterocycles. The van der Waals surface area contributed by atoms with E-state index in [2.05, 4.69) is 20.2 Å². The molecule has 0 radical (unpaired) electrons. The van der Waals surface area contributed by atoms with E-state index in [9.17, 15) is 0 Å². The zero-order chi connectivity index (χ0) is 11.8. The van der Waals surface area contributed by atoms with Crippen molar-refractivity contribution in [3.8, 4) is 5.88 Å². The maximum Gasteiger partial charge on any atom is 0.225 e. The lowest BCUT2D eigenvalue weighted by molar-refractivity contribution is 0.273. The Kier molecular flexibility index (Phi) is 5.56. The minimum atomic E-state index is 0.618. The van der Waals surface area contributed by atoms with E-state index in [0.717, 1.165) is 19.5 Å². The lowest BCUT2D eigenvalue weighted by atomic mass is 10.4. The highest BCUT2D eigenvalue weighted by Gasteiger charge is 1.99. The van der Waals surface area contributed by atoms with E-state index in [1.54, 1.807) is 12.3 Å². The molecule has 0 amide bonds. The van der Waals surface area contributed by atoms with Gasteiger partial charge in [0.15, 0.2) is 0 Å². The summed E-state index contributed by atoms with van der Waals surface area (Å²) in [5, 5.41) is 3.05. The van der Waals surface area contributed by atoms with Gasteiger partial charge in [0, 0.05) is 25.4 Å². The van der Waals surface area contributed by atoms with Gasteiger partial charge in [0.05, 0.1) is 6.61 Å². The van der Waals surface area contributed by atoms with Gasteiger partial charge in [0.25, 0.3) is 0 Å². The lowest BCUT2D eigenvalue weighted by Gasteiger charge is -2.10. The van der Waals surface area contributed by atoms with Crippen LogP contribution in [0.25, 0.3) is 0 Å². The second kappa shape index (κ2) is 7.00. The number of rotatable bonds is 7. The van der Waals surface area contributed by atoms with Gasteiger partial charge in [0.1, 0.15) is 0 Å². The Balaban J connectivity index is 2.33. The zero-order valence-electron chi connectivity index (χ0n) is 10.2. The second-order valence-electron chi connectivity index (χ2n) is 3.75. The Hall–Kier alpha value is -1.36. The molecule has 1 aromatic rings. The molecule has 90 valence electrons. The highest BCUT2D eigenvalue weighted by molar-refractivity contribution is 5.26. The molecule has 0 saturated carbocycles. The van der Waals surface area contributed by atoms with Crippen molar-refractivity contribution in [3.05, 3.63) is 12.3 Å². The third-order valence-corrected chi connectivity index (χ3v) is 1.96. The van der Waals surface area contributed by atoms with Crippen molar-refractivity contribution in [2.75, 3.05) is 39.1 Å². The number of hydrogen-bond acceptors (Lipinski definition) is 5. The third kappa shape index (κ3) is 4.93. The third-order valence-electron chi connectivity index (χ3n) is 1.96. The Morgan fingerprint density at radius 2 is 2.25 bits per heavy atom. The molecule has 0 aliphatic heterocycles. The molecular weight excluding hydrogens is 204 g/mol. The van der Waals surface area contributed by atoms with E-state index in [1.165, 1.54) is 0 Å². The molecule has 1 heterocycles. The van der Waals surface area contributed by atoms with Crippen LogP contribution in [0.3, 0.4) is 0 Å². The van der Waals surface area contributed by atoms with Crippen LogP contribution < -0.4 is 10.1 Å². The standard InChI is InChI=1S/C11H20N4O/c1-4-12-11-13-7-6-10(14-11)16-9-5-8-15(2)3/h6-7H,4-5,8-9H2,1-3H3,(H,12,13,14). The molecule has 1 N–H and O–H groups in total. The summed E-state index contributed by atoms with van der Waals surface area (Å²) >= 11 is 0. The van der Waals surface area contributed by atoms with Gasteiger partial charge in [-0.25, -0.2) is 4.98 Å². The lowest BCUT2D eigenvalue weighted by Crippen LogP contribution is -2.15. The minimum absolute atomic E-state index is 0.618. The molecule has 0 fully saturated rings. The van der Waals surface area contributed by atoms with Crippen LogP contribution in [0.2, 0.25) is 0 Å². The summed E-state index contributed by atoms with van der Waals surface area (Å²) in [4.78, 5) is 10.4. The first kappa shape index (κ1) is 12.7. The van der Waals surface area contributed by atoms with Crippen molar-refractivity contribution < 1.29 is 4.74 Å². The molecule has 0 bridgehead atoms. The van der Waals surface area contributed by atoms with Crippen molar-refractivity contribution in [2.45, 2.75) is 13.3 Å². The van der Waals surface area contributed by atoms with E-state index in [-0.39, 0.29) is 0 Å². The number of aromatic nitrogens is 2. The average molecular weight is 224 g/mol. The van der Waals surface area contributed by atoms with Crippen molar-refractivity contribution in [2.24, 2.45) is 0 Å². The summed E-state index contributed by atoms with van der Waals surface area (Å²) in [5.41, 5.74) is 0. The van der Waals surface area contributed by atoms with Gasteiger partial charge in [-0.05, 0) is 27.4 Å². The summed E-state index contributed by atoms with van der Waals surface area (Å²) < 4.78 is 5.53. The van der Waals surface area contributed by atoms with Gasteiger partial charge in [-0.3, -0.25) is 0 Å². The molecule has 0 aliphatic carbocycles. The quantitative estimate of drug-likeness (QED) is 0.706. The fourth-order valence-electron chi connectivity index (χ4n) is 1.22. The summed E-state index contributed by atoms with van der Waals surface area (Å²) in [7, 11) is 4.10. The van der Waals surface area contributed by atoms with Crippen molar-refractivity contribution in [1.82, 2.24) is 14.9 Å². The number of nitrogens with one attached hydrogen (secondary N) is 1. The molecule has 5 nitrogen and oxygen atoms in total. The zero-order valence-corrected chi connectivity index (χ0v) is 10.2. The van der Waals surface area contributed by atoms with E-state index >= 15 is 0 Å². The van der Waals surface area contributed by atoms with Crippen molar-refractivity contribution in [1.29, 1.82) is 0 Å². The molecule has 0 aliphatic rings. The maximum atomic E-state index is 5.53. The van der Waals surface area contributed by atoms with Gasteiger partial charge in [-0.15, -0.1) is 0 Å². The van der Waals surface area contributed by atoms with Gasteiger partial charge in [0.2, 0.25) is 11.8 Å². The molecule has 5 heteroatoms. The molecule has 0 atom stereocenters. The van der Waals surface area contributed by atoms with Gasteiger partial charge in [-0.1, -0.05) is 0 Å². The summed E-state index contributed by atoms with van der Waals surface area (Å²) in [6.07, 6.45) is 2.69. The first-order valence-corrected chi connectivity index (χ1v) is 5.57. The Morgan fingerprint density at radius 1 is 1.44 bits per heavy atom. The van der Waals surface area contributed by atoms with Gasteiger partial charge in [-0.2, -0.15) is 4.98 Å². The monoisotopic (exact) mass is 224 g/mol. The molecule has 0 aromatic carbocycles. The topological polar surface area (TPSA) is 50.3 Å². The Morgan fingerprint density at radius 3 is 2.94 bits per heavy atom. The van der Waals surface area contributed by atoms with Crippen LogP contribution in [-0.2, 0) is 0 Å². The average Bonchev–Trinajstić information content (AvgIpc) is 2.25. The molecule has 16 heavy (non-hydrogen) atoms. The number of ether oxygens (including phenoxy) is 1. The molecule has 0 unspecified atom stereocenters. The fraction of sp³-hybridized carbons (Fsp3) is 0.636. The highest BCUT2D eigenvalue weighted by atomic mass is 16.5. The second-order valence-corrected chi connectivity index (χ2v) is 3.75. The van der Waals surface area contributed by atoms with Crippen molar-refractivity contribution in [3.63, 3.8) is 0 Å². The molecular formula is C11H20N4O. The SMILES string of the molecule is CCNc1nccc(OCCCN(C)C)n1. The van der Waals surface area contributed by atoms with Crippen LogP contribution in [0.1, 0.15) is 13.3 Å². The van der Waals surface area contributed by atoms with Crippen LogP contribution in [-0.4, -0.2) is 48.7 Å². The molecule has 0 spiro atoms. The summed E-state index contributed by atoms with van der Waals surface area (Å²) in [5.74, 6) is 1.25. The molecule has 1 rings (SSSR count). The molecule has 1 aromatic heterocycles. The smallest absolute Gasteiger partial charge is 0.225 e. The van der Waals surface area contributed by atoms with Gasteiger partial charge >= 0.3 is 0 Å². The van der Waals surface area contributed by atoms with E-state index in [4.69, 9.17) is 4.74 Å². The van der Waals surface area contributed by atoms with E-state index in [1.807, 2.05) is 21.0 Å². The summed E-state index contributed by atoms with van der Waals surface area (Å²) in [6.45, 7) is 4.52. The Labute approximate surface area is 96.8 Å². The van der Waals surface area contributed by atoms with E-state index in [0.29, 0.717) is 18.4 Å². The normalized spacial score (nSPS) is 10.5. The first-order valence-electron chi connectivity index (χ1n) is 5.57. The largest absolute Gasteiger partial charge is 0.477 e. The number of anilines is 1. The number of nitrogens with zero attached hydrogens (tertiary/aromatic N) is 3. The Bertz CT molecular complexity index is 304. The van der Waals surface area contributed by atoms with Crippen LogP contribution in [0.5, 0.6) is 5.88 Å². The highest BCUT2D eigenvalue weighted by Crippen LogP contribution is 2.08. The minimum Gasteiger partial charge on any atom is -0.477 e. The van der Waals surface area contributed by atoms with E-state index < -0.39 is 0 Å². The predicted molar refractivity (Wildman–Crippen MR) is 64.9 cm³/mol. The van der Waals surface area contributed by atoms with Crippen LogP contribution in [0.4, 0.5) is 5.95 Å². The van der Waals surface area contributed by atoms with Crippen LogP contribution in [0.15, 0.2) is 12.3 Å². The summed E-state index contributed by atoms with van der Waals surface area (Å²) in [6, 6.07) is 1.77. The van der Waals surface area contributed by atoms with Gasteiger partial charge < -0.3 is 15.0 Å². The van der Waals surface area contributed by atoms with Crippen molar-refractivity contribution >= 4 is 5.95 Å². The van der Waals surface area contributed by atoms with Crippen LogP contribution >= 0.6 is 0 Å². The number of hydrogen-bond donors (Lipinski definition) is 1. The fourth-order valence-corrected chi connectivity index (χ4v) is 1.22. The first-order chi connectivity index (χ1) is 7.72. The predicted octanol–water partition coefficient (Wildman–Crippen LogP) is 1.24. The maximum absolute atomic E-state index is 5.53.